The summed E-state index contributed by atoms with van der Waals surface area (Å²) in [5.74, 6) is -0.565. The van der Waals surface area contributed by atoms with E-state index in [0.29, 0.717) is 15.7 Å². The summed E-state index contributed by atoms with van der Waals surface area (Å²) in [5.41, 5.74) is 6.97. The predicted molar refractivity (Wildman–Crippen MR) is 134 cm³/mol. The molecule has 10 heteroatoms. The fraction of sp³-hybridized carbons (Fsp3) is 0.217. The van der Waals surface area contributed by atoms with Crippen LogP contribution in [0.25, 0.3) is 5.69 Å². The first-order valence-electron chi connectivity index (χ1n) is 9.98. The zero-order valence-corrected chi connectivity index (χ0v) is 21.0. The van der Waals surface area contributed by atoms with E-state index in [2.05, 4.69) is 10.5 Å². The summed E-state index contributed by atoms with van der Waals surface area (Å²) in [5, 5.41) is 5.13. The summed E-state index contributed by atoms with van der Waals surface area (Å²) in [6.45, 7) is 5.28. The van der Waals surface area contributed by atoms with Crippen LogP contribution in [0.4, 0.5) is 5.69 Å². The Morgan fingerprint density at radius 2 is 1.85 bits per heavy atom. The molecule has 2 aromatic carbocycles. The number of rotatable bonds is 7. The molecule has 0 radical (unpaired) electrons. The Morgan fingerprint density at radius 1 is 1.12 bits per heavy atom. The van der Waals surface area contributed by atoms with Crippen LogP contribution in [0, 0.1) is 20.8 Å². The quantitative estimate of drug-likeness (QED) is 0.374. The molecule has 3 aromatic rings. The van der Waals surface area contributed by atoms with Crippen molar-refractivity contribution in [1.29, 1.82) is 0 Å². The molecule has 1 amide bonds. The van der Waals surface area contributed by atoms with Crippen molar-refractivity contribution in [3.05, 3.63) is 81.1 Å². The van der Waals surface area contributed by atoms with Gasteiger partial charge in [-0.3, -0.25) is 9.10 Å². The normalized spacial score (nSPS) is 11.7. The second kappa shape index (κ2) is 9.99. The van der Waals surface area contributed by atoms with E-state index >= 15 is 0 Å². The lowest BCUT2D eigenvalue weighted by Gasteiger charge is -2.21. The average molecular weight is 507 g/mol. The van der Waals surface area contributed by atoms with Crippen LogP contribution in [-0.4, -0.2) is 37.9 Å². The average Bonchev–Trinajstić information content (AvgIpc) is 3.00. The highest BCUT2D eigenvalue weighted by Gasteiger charge is 2.21. The zero-order chi connectivity index (χ0) is 24.3. The molecule has 0 aliphatic carbocycles. The van der Waals surface area contributed by atoms with Crippen LogP contribution < -0.4 is 9.73 Å². The number of halogens is 2. The molecule has 0 saturated carbocycles. The topological polar surface area (TPSA) is 83.8 Å². The Bertz CT molecular complexity index is 1330. The maximum absolute atomic E-state index is 12.4. The number of nitrogens with one attached hydrogen (secondary N) is 1. The molecule has 1 aromatic heterocycles. The van der Waals surface area contributed by atoms with Crippen molar-refractivity contribution in [2.75, 3.05) is 17.1 Å². The molecule has 174 valence electrons. The van der Waals surface area contributed by atoms with Gasteiger partial charge >= 0.3 is 0 Å². The summed E-state index contributed by atoms with van der Waals surface area (Å²) in [7, 11) is -3.66. The third-order valence-electron chi connectivity index (χ3n) is 4.99. The molecule has 0 bridgehead atoms. The van der Waals surface area contributed by atoms with E-state index in [0.717, 1.165) is 38.8 Å². The molecule has 0 spiro atoms. The molecule has 1 N–H and O–H groups in total. The van der Waals surface area contributed by atoms with Crippen LogP contribution in [0.2, 0.25) is 10.0 Å². The number of anilines is 1. The smallest absolute Gasteiger partial charge is 0.260 e. The monoisotopic (exact) mass is 506 g/mol. The second-order valence-electron chi connectivity index (χ2n) is 7.66. The van der Waals surface area contributed by atoms with E-state index in [1.807, 2.05) is 37.5 Å². The fourth-order valence-electron chi connectivity index (χ4n) is 3.47. The number of amides is 1. The highest BCUT2D eigenvalue weighted by atomic mass is 35.5. The summed E-state index contributed by atoms with van der Waals surface area (Å²) in [6.07, 6.45) is 2.56. The number of hydrogen-bond acceptors (Lipinski definition) is 4. The molecular weight excluding hydrogens is 483 g/mol. The van der Waals surface area contributed by atoms with E-state index in [-0.39, 0.29) is 0 Å². The van der Waals surface area contributed by atoms with Crippen LogP contribution in [0.1, 0.15) is 22.5 Å². The SMILES string of the molecule is Cc1cccc(N(CC(=O)N/N=C\c2cc(C)n(-c3cc(Cl)ccc3Cl)c2C)S(C)(=O)=O)c1. The van der Waals surface area contributed by atoms with Gasteiger partial charge in [0.25, 0.3) is 5.91 Å². The van der Waals surface area contributed by atoms with Gasteiger partial charge in [0.1, 0.15) is 6.54 Å². The molecule has 0 saturated heterocycles. The van der Waals surface area contributed by atoms with Gasteiger partial charge in [-0.1, -0.05) is 35.3 Å². The summed E-state index contributed by atoms with van der Waals surface area (Å²) in [6, 6.07) is 14.1. The van der Waals surface area contributed by atoms with Crippen LogP contribution in [0.5, 0.6) is 0 Å². The summed E-state index contributed by atoms with van der Waals surface area (Å²) < 4.78 is 27.4. The van der Waals surface area contributed by atoms with Gasteiger partial charge in [0.2, 0.25) is 10.0 Å². The standard InChI is InChI=1S/C23H24Cl2N4O3S/c1-15-6-5-7-20(10-15)28(33(4,31)32)14-23(30)27-26-13-18-11-16(2)29(17(18)3)22-12-19(24)8-9-21(22)25/h5-13H,14H2,1-4H3,(H,27,30)/b26-13-. The molecule has 3 rings (SSSR count). The van der Waals surface area contributed by atoms with Crippen LogP contribution in [0.15, 0.2) is 53.6 Å². The number of sulfonamides is 1. The molecule has 0 aliphatic heterocycles. The number of aryl methyl sites for hydroxylation is 2. The number of carbonyl (C=O) groups is 1. The van der Waals surface area contributed by atoms with Gasteiger partial charge in [0.15, 0.2) is 0 Å². The van der Waals surface area contributed by atoms with Crippen molar-refractivity contribution in [2.45, 2.75) is 20.8 Å². The molecule has 0 fully saturated rings. The molecule has 0 unspecified atom stereocenters. The Kier molecular flexibility index (Phi) is 7.51. The molecule has 0 aliphatic rings. The van der Waals surface area contributed by atoms with Crippen molar-refractivity contribution in [3.63, 3.8) is 0 Å². The second-order valence-corrected chi connectivity index (χ2v) is 10.4. The molecule has 0 atom stereocenters. The Morgan fingerprint density at radius 3 is 2.52 bits per heavy atom. The van der Waals surface area contributed by atoms with E-state index in [4.69, 9.17) is 23.2 Å². The maximum atomic E-state index is 12.4. The lowest BCUT2D eigenvalue weighted by atomic mass is 10.2. The Hall–Kier alpha value is -2.81. The van der Waals surface area contributed by atoms with Gasteiger partial charge < -0.3 is 4.57 Å². The van der Waals surface area contributed by atoms with Gasteiger partial charge in [-0.05, 0) is 62.7 Å². The lowest BCUT2D eigenvalue weighted by molar-refractivity contribution is -0.119. The molecule has 33 heavy (non-hydrogen) atoms. The molecule has 1 heterocycles. The van der Waals surface area contributed by atoms with Gasteiger partial charge in [-0.25, -0.2) is 13.8 Å². The number of benzene rings is 2. The fourth-order valence-corrected chi connectivity index (χ4v) is 4.69. The van der Waals surface area contributed by atoms with Gasteiger partial charge in [-0.2, -0.15) is 5.10 Å². The van der Waals surface area contributed by atoms with Crippen molar-refractivity contribution in [3.8, 4) is 5.69 Å². The number of aromatic nitrogens is 1. The minimum atomic E-state index is -3.66. The summed E-state index contributed by atoms with van der Waals surface area (Å²) in [4.78, 5) is 12.4. The third-order valence-corrected chi connectivity index (χ3v) is 6.68. The first-order chi connectivity index (χ1) is 15.5. The van der Waals surface area contributed by atoms with E-state index in [1.54, 1.807) is 36.4 Å². The molecular formula is C23H24Cl2N4O3S. The lowest BCUT2D eigenvalue weighted by Crippen LogP contribution is -2.39. The van der Waals surface area contributed by atoms with E-state index in [9.17, 15) is 13.2 Å². The number of nitrogens with zero attached hydrogens (tertiary/aromatic N) is 3. The minimum Gasteiger partial charge on any atom is -0.316 e. The highest BCUT2D eigenvalue weighted by molar-refractivity contribution is 7.92. The van der Waals surface area contributed by atoms with Crippen LogP contribution in [-0.2, 0) is 14.8 Å². The summed E-state index contributed by atoms with van der Waals surface area (Å²) >= 11 is 12.5. The van der Waals surface area contributed by atoms with Crippen molar-refractivity contribution < 1.29 is 13.2 Å². The van der Waals surface area contributed by atoms with E-state index in [1.165, 1.54) is 6.21 Å². The van der Waals surface area contributed by atoms with Crippen molar-refractivity contribution in [2.24, 2.45) is 5.10 Å². The Balaban J connectivity index is 1.77. The maximum Gasteiger partial charge on any atom is 0.260 e. The molecule has 7 nitrogen and oxygen atoms in total. The third kappa shape index (κ3) is 5.96. The van der Waals surface area contributed by atoms with Crippen LogP contribution >= 0.6 is 23.2 Å². The minimum absolute atomic E-state index is 0.392. The predicted octanol–water partition coefficient (Wildman–Crippen LogP) is 4.63. The van der Waals surface area contributed by atoms with Gasteiger partial charge in [0.05, 0.1) is 28.9 Å². The Labute approximate surface area is 203 Å². The van der Waals surface area contributed by atoms with Gasteiger partial charge in [-0.15, -0.1) is 0 Å². The number of carbonyl (C=O) groups excluding carboxylic acids is 1. The number of hydrazone groups is 1. The first-order valence-corrected chi connectivity index (χ1v) is 12.6. The van der Waals surface area contributed by atoms with Gasteiger partial charge in [0, 0.05) is 22.0 Å². The van der Waals surface area contributed by atoms with E-state index < -0.39 is 22.5 Å². The zero-order valence-electron chi connectivity index (χ0n) is 18.6. The highest BCUT2D eigenvalue weighted by Crippen LogP contribution is 2.28. The largest absolute Gasteiger partial charge is 0.316 e. The number of hydrogen-bond donors (Lipinski definition) is 1. The first kappa shape index (κ1) is 24.8. The van der Waals surface area contributed by atoms with Crippen LogP contribution in [0.3, 0.4) is 0 Å². The van der Waals surface area contributed by atoms with Crippen molar-refractivity contribution in [1.82, 2.24) is 9.99 Å². The van der Waals surface area contributed by atoms with Crippen molar-refractivity contribution >= 4 is 51.0 Å².